The van der Waals surface area contributed by atoms with Crippen molar-refractivity contribution in [3.05, 3.63) is 149 Å². The van der Waals surface area contributed by atoms with Gasteiger partial charge in [0.05, 0.1) is 18.7 Å². The number of aromatic nitrogens is 2. The quantitative estimate of drug-likeness (QED) is 0.0504. The molecule has 1 atom stereocenters. The molecule has 0 spiro atoms. The molecule has 10 heteroatoms. The molecule has 6 aromatic rings. The second-order valence-corrected chi connectivity index (χ2v) is 13.6. The minimum Gasteiger partial charge on any atom is -0.507 e. The number of fused-ring (bicyclic) bond motifs is 1. The monoisotopic (exact) mass is 685 g/mol. The van der Waals surface area contributed by atoms with E-state index in [0.29, 0.717) is 39.3 Å². The van der Waals surface area contributed by atoms with Crippen molar-refractivity contribution in [1.29, 1.82) is 0 Å². The number of aliphatic hydroxyl groups is 1. The molecule has 1 unspecified atom stereocenters. The van der Waals surface area contributed by atoms with Crippen molar-refractivity contribution in [1.82, 2.24) is 10.2 Å². The van der Waals surface area contributed by atoms with E-state index in [1.54, 1.807) is 55.6 Å². The molecule has 0 bridgehead atoms. The molecule has 0 radical (unpaired) electrons. The van der Waals surface area contributed by atoms with Gasteiger partial charge in [-0.3, -0.25) is 14.5 Å². The molecule has 1 fully saturated rings. The average molecular weight is 686 g/mol. The fraction of sp³-hybridized carbons (Fsp3) is 0.128. The number of ketones is 1. The van der Waals surface area contributed by atoms with Gasteiger partial charge >= 0.3 is 5.91 Å². The zero-order chi connectivity index (χ0) is 33.9. The van der Waals surface area contributed by atoms with Crippen LogP contribution in [0.2, 0.25) is 0 Å². The number of methoxy groups -OCH3 is 1. The number of Topliss-reactive ketones (excluding diaryl/α,β-unsaturated/α-hetero) is 1. The van der Waals surface area contributed by atoms with Crippen molar-refractivity contribution in [2.45, 2.75) is 29.7 Å². The van der Waals surface area contributed by atoms with Gasteiger partial charge in [0.25, 0.3) is 5.78 Å². The van der Waals surface area contributed by atoms with Crippen molar-refractivity contribution < 1.29 is 24.2 Å². The van der Waals surface area contributed by atoms with Gasteiger partial charge in [-0.05, 0) is 76.3 Å². The summed E-state index contributed by atoms with van der Waals surface area (Å²) in [5.41, 5.74) is 4.31. The second-order valence-electron chi connectivity index (χ2n) is 11.5. The van der Waals surface area contributed by atoms with Crippen LogP contribution in [0.15, 0.2) is 125 Å². The zero-order valence-electron chi connectivity index (χ0n) is 26.7. The van der Waals surface area contributed by atoms with Gasteiger partial charge in [0.2, 0.25) is 5.13 Å². The lowest BCUT2D eigenvalue weighted by molar-refractivity contribution is -0.132. The maximum absolute atomic E-state index is 13.7. The highest BCUT2D eigenvalue weighted by Gasteiger charge is 2.48. The number of thioether (sulfide) groups is 1. The number of carbonyl (C=O) groups is 2. The fourth-order valence-electron chi connectivity index (χ4n) is 5.85. The lowest BCUT2D eigenvalue weighted by atomic mass is 9.95. The van der Waals surface area contributed by atoms with Crippen molar-refractivity contribution >= 4 is 56.5 Å². The Bertz CT molecular complexity index is 2190. The van der Waals surface area contributed by atoms with Gasteiger partial charge in [-0.1, -0.05) is 102 Å². The predicted molar refractivity (Wildman–Crippen MR) is 193 cm³/mol. The van der Waals surface area contributed by atoms with Gasteiger partial charge in [0.1, 0.15) is 23.9 Å². The molecule has 1 aromatic heterocycles. The van der Waals surface area contributed by atoms with Gasteiger partial charge in [0, 0.05) is 11.3 Å². The van der Waals surface area contributed by atoms with Crippen molar-refractivity contribution in [3.63, 3.8) is 0 Å². The molecular weight excluding hydrogens is 655 g/mol. The van der Waals surface area contributed by atoms with Crippen molar-refractivity contribution in [3.8, 4) is 11.5 Å². The van der Waals surface area contributed by atoms with Gasteiger partial charge in [-0.15, -0.1) is 10.2 Å². The number of nitrogens with zero attached hydrogens (tertiary/aromatic N) is 3. The van der Waals surface area contributed by atoms with Crippen LogP contribution in [0.25, 0.3) is 16.5 Å². The van der Waals surface area contributed by atoms with E-state index in [4.69, 9.17) is 9.47 Å². The molecule has 0 saturated carbocycles. The minimum absolute atomic E-state index is 0.0381. The number of carbonyl (C=O) groups excluding carboxylic acids is 2. The number of benzene rings is 5. The van der Waals surface area contributed by atoms with Crippen LogP contribution in [0.4, 0.5) is 5.13 Å². The zero-order valence-corrected chi connectivity index (χ0v) is 28.3. The highest BCUT2D eigenvalue weighted by atomic mass is 32.2. The van der Waals surface area contributed by atoms with Crippen LogP contribution in [0.5, 0.6) is 11.5 Å². The number of aliphatic hydroxyl groups excluding tert-OH is 1. The summed E-state index contributed by atoms with van der Waals surface area (Å²) in [6, 6.07) is 35.3. The van der Waals surface area contributed by atoms with Crippen LogP contribution in [0, 0.1) is 6.92 Å². The first kappa shape index (κ1) is 32.1. The molecule has 0 aliphatic carbocycles. The van der Waals surface area contributed by atoms with Gasteiger partial charge in [-0.25, -0.2) is 0 Å². The number of anilines is 1. The van der Waals surface area contributed by atoms with Crippen LogP contribution >= 0.6 is 23.1 Å². The molecule has 5 aromatic carbocycles. The summed E-state index contributed by atoms with van der Waals surface area (Å²) >= 11 is 2.74. The maximum Gasteiger partial charge on any atom is 0.301 e. The van der Waals surface area contributed by atoms with E-state index in [9.17, 15) is 14.7 Å². The van der Waals surface area contributed by atoms with E-state index >= 15 is 0 Å². The third-order valence-electron chi connectivity index (χ3n) is 8.49. The van der Waals surface area contributed by atoms with E-state index in [2.05, 4.69) is 34.5 Å². The van der Waals surface area contributed by atoms with Crippen molar-refractivity contribution in [2.24, 2.45) is 0 Å². The molecule has 7 rings (SSSR count). The number of hydrogen-bond acceptors (Lipinski definition) is 9. The molecule has 1 N–H and O–H groups in total. The molecule has 244 valence electrons. The van der Waals surface area contributed by atoms with Crippen LogP contribution in [0.1, 0.15) is 33.9 Å². The Morgan fingerprint density at radius 1 is 0.837 bits per heavy atom. The summed E-state index contributed by atoms with van der Waals surface area (Å²) in [4.78, 5) is 28.7. The average Bonchev–Trinajstić information content (AvgIpc) is 3.71. The molecule has 1 aliphatic rings. The smallest absolute Gasteiger partial charge is 0.301 e. The largest absolute Gasteiger partial charge is 0.507 e. The van der Waals surface area contributed by atoms with E-state index in [1.807, 2.05) is 49.4 Å². The predicted octanol–water partition coefficient (Wildman–Crippen LogP) is 8.51. The summed E-state index contributed by atoms with van der Waals surface area (Å²) in [5, 5.41) is 22.9. The molecule has 2 heterocycles. The number of ether oxygens (including phenoxy) is 2. The molecule has 49 heavy (non-hydrogen) atoms. The van der Waals surface area contributed by atoms with Crippen LogP contribution in [-0.4, -0.2) is 34.1 Å². The van der Waals surface area contributed by atoms with Crippen LogP contribution < -0.4 is 14.4 Å². The molecule has 1 aliphatic heterocycles. The second kappa shape index (κ2) is 14.0. The van der Waals surface area contributed by atoms with Gasteiger partial charge < -0.3 is 14.6 Å². The Morgan fingerprint density at radius 3 is 2.31 bits per heavy atom. The third-order valence-corrected chi connectivity index (χ3v) is 10.6. The molecular formula is C39H31N3O5S2. The molecule has 8 nitrogen and oxygen atoms in total. The standard InChI is InChI=1S/C39H31N3O5S2/c1-24-8-3-4-10-28(24)22-47-31-20-16-27(17-21-31)35(43)33-34(26-14-18-30(46-2)19-15-26)42(37(45)36(33)44)38-40-41-39(49-38)48-23-29-12-7-11-25-9-5-6-13-32(25)29/h3-21,34,43H,22-23H2,1-2H3/b35-33+. The van der Waals surface area contributed by atoms with Crippen LogP contribution in [0.3, 0.4) is 0 Å². The lowest BCUT2D eigenvalue weighted by Crippen LogP contribution is -2.29. The normalized spacial score (nSPS) is 15.6. The summed E-state index contributed by atoms with van der Waals surface area (Å²) in [7, 11) is 1.56. The SMILES string of the molecule is COc1ccc(C2/C(=C(\O)c3ccc(OCc4ccccc4C)cc3)C(=O)C(=O)N2c2nnc(SCc3cccc4ccccc34)s2)cc1. The van der Waals surface area contributed by atoms with E-state index in [0.717, 1.165) is 22.1 Å². The van der Waals surface area contributed by atoms with Gasteiger partial charge in [0.15, 0.2) is 4.34 Å². The van der Waals surface area contributed by atoms with E-state index < -0.39 is 17.7 Å². The van der Waals surface area contributed by atoms with Crippen molar-refractivity contribution in [2.75, 3.05) is 12.0 Å². The Balaban J connectivity index is 1.18. The summed E-state index contributed by atoms with van der Waals surface area (Å²) < 4.78 is 12.0. The molecule has 1 amide bonds. The summed E-state index contributed by atoms with van der Waals surface area (Å²) in [5.74, 6) is -0.0105. The number of rotatable bonds is 10. The first-order chi connectivity index (χ1) is 23.9. The number of amides is 1. The summed E-state index contributed by atoms with van der Waals surface area (Å²) in [6.07, 6.45) is 0. The third kappa shape index (κ3) is 6.53. The first-order valence-corrected chi connectivity index (χ1v) is 17.4. The number of hydrogen-bond donors (Lipinski definition) is 1. The highest BCUT2D eigenvalue weighted by molar-refractivity contribution is 8.00. The maximum atomic E-state index is 13.7. The van der Waals surface area contributed by atoms with Crippen LogP contribution in [-0.2, 0) is 21.9 Å². The minimum atomic E-state index is -0.938. The van der Waals surface area contributed by atoms with E-state index in [1.165, 1.54) is 33.4 Å². The first-order valence-electron chi connectivity index (χ1n) is 15.6. The Kier molecular flexibility index (Phi) is 9.15. The fourth-order valence-corrected chi connectivity index (χ4v) is 7.72. The van der Waals surface area contributed by atoms with Gasteiger partial charge in [-0.2, -0.15) is 0 Å². The lowest BCUT2D eigenvalue weighted by Gasteiger charge is -2.22. The topological polar surface area (TPSA) is 102 Å². The summed E-state index contributed by atoms with van der Waals surface area (Å²) in [6.45, 7) is 2.42. The molecule has 1 saturated heterocycles. The van der Waals surface area contributed by atoms with E-state index in [-0.39, 0.29) is 16.5 Å². The Labute approximate surface area is 291 Å². The Hall–Kier alpha value is -5.45. The highest BCUT2D eigenvalue weighted by Crippen LogP contribution is 2.44. The number of aryl methyl sites for hydroxylation is 1. The Morgan fingerprint density at radius 2 is 1.53 bits per heavy atom.